The minimum atomic E-state index is 0.316. The zero-order chi connectivity index (χ0) is 15.6. The molecule has 2 heterocycles. The number of nitrogens with zero attached hydrogens (tertiary/aromatic N) is 3. The first kappa shape index (κ1) is 14.8. The minimum Gasteiger partial charge on any atom is -0.326 e. The Morgan fingerprint density at radius 3 is 2.65 bits per heavy atom. The fourth-order valence-electron chi connectivity index (χ4n) is 3.53. The van der Waals surface area contributed by atoms with E-state index in [0.29, 0.717) is 6.04 Å². The lowest BCUT2D eigenvalue weighted by Gasteiger charge is -2.26. The number of rotatable bonds is 4. The maximum atomic E-state index is 5.96. The maximum absolute atomic E-state index is 5.96. The third-order valence-corrected chi connectivity index (χ3v) is 5.17. The van der Waals surface area contributed by atoms with Gasteiger partial charge in [0, 0.05) is 31.2 Å². The van der Waals surface area contributed by atoms with E-state index in [1.54, 1.807) is 0 Å². The van der Waals surface area contributed by atoms with Gasteiger partial charge in [-0.25, -0.2) is 0 Å². The molecule has 0 radical (unpaired) electrons. The lowest BCUT2D eigenvalue weighted by Crippen LogP contribution is -2.26. The van der Waals surface area contributed by atoms with Crippen molar-refractivity contribution in [1.82, 2.24) is 15.1 Å². The van der Waals surface area contributed by atoms with Crippen LogP contribution in [0.2, 0.25) is 0 Å². The largest absolute Gasteiger partial charge is 0.326 e. The number of aromatic nitrogens is 2. The summed E-state index contributed by atoms with van der Waals surface area (Å²) in [4.78, 5) is 2.35. The summed E-state index contributed by atoms with van der Waals surface area (Å²) in [5.74, 6) is 0.751. The third-order valence-electron chi connectivity index (χ3n) is 5.17. The Morgan fingerprint density at radius 1 is 1.09 bits per heavy atom. The number of hydrogen-bond acceptors (Lipinski definition) is 4. The average molecular weight is 308 g/mol. The lowest BCUT2D eigenvalue weighted by atomic mass is 9.79. The first-order valence-corrected chi connectivity index (χ1v) is 8.69. The molecule has 2 N–H and O–H groups in total. The second kappa shape index (κ2) is 6.38. The smallest absolute Gasteiger partial charge is 0.0929 e. The van der Waals surface area contributed by atoms with Crippen molar-refractivity contribution in [1.29, 1.82) is 0 Å². The summed E-state index contributed by atoms with van der Waals surface area (Å²) in [5.41, 5.74) is 10.6. The van der Waals surface area contributed by atoms with Crippen LogP contribution in [0.15, 0.2) is 36.4 Å². The Balaban J connectivity index is 1.47. The number of hydrogen-bond donors (Lipinski definition) is 1. The van der Waals surface area contributed by atoms with Gasteiger partial charge in [0.15, 0.2) is 0 Å². The fraction of sp³-hybridized carbons (Fsp3) is 0.474. The molecule has 4 rings (SSSR count). The molecule has 1 saturated carbocycles. The van der Waals surface area contributed by atoms with E-state index < -0.39 is 0 Å². The molecule has 1 atom stereocenters. The zero-order valence-electron chi connectivity index (χ0n) is 13.5. The summed E-state index contributed by atoms with van der Waals surface area (Å²) in [5, 5.41) is 8.87. The molecule has 120 valence electrons. The van der Waals surface area contributed by atoms with Gasteiger partial charge in [0.25, 0.3) is 0 Å². The van der Waals surface area contributed by atoms with E-state index in [9.17, 15) is 0 Å². The lowest BCUT2D eigenvalue weighted by molar-refractivity contribution is 0.321. The van der Waals surface area contributed by atoms with Crippen LogP contribution in [0.4, 0.5) is 0 Å². The first-order valence-electron chi connectivity index (χ1n) is 8.69. The van der Waals surface area contributed by atoms with Gasteiger partial charge < -0.3 is 5.73 Å². The van der Waals surface area contributed by atoms with E-state index in [4.69, 9.17) is 5.73 Å². The van der Waals surface area contributed by atoms with Gasteiger partial charge in [0.05, 0.1) is 11.4 Å². The Hall–Kier alpha value is -1.78. The molecule has 1 unspecified atom stereocenters. The molecule has 4 nitrogen and oxygen atoms in total. The highest BCUT2D eigenvalue weighted by Crippen LogP contribution is 2.37. The van der Waals surface area contributed by atoms with Gasteiger partial charge >= 0.3 is 0 Å². The number of likely N-dealkylation sites (tertiary alicyclic amines) is 1. The van der Waals surface area contributed by atoms with Crippen LogP contribution in [0.3, 0.4) is 0 Å². The molecule has 1 aromatic heterocycles. The van der Waals surface area contributed by atoms with Crippen molar-refractivity contribution in [3.05, 3.63) is 47.7 Å². The Kier molecular flexibility index (Phi) is 4.10. The number of benzene rings is 1. The maximum Gasteiger partial charge on any atom is 0.0929 e. The van der Waals surface area contributed by atoms with E-state index in [1.165, 1.54) is 30.4 Å². The van der Waals surface area contributed by atoms with Crippen LogP contribution in [0.1, 0.15) is 42.9 Å². The van der Waals surface area contributed by atoms with E-state index in [2.05, 4.69) is 51.5 Å². The van der Waals surface area contributed by atoms with E-state index in [-0.39, 0.29) is 0 Å². The normalized spacial score (nSPS) is 22.2. The van der Waals surface area contributed by atoms with Gasteiger partial charge in [-0.15, -0.1) is 0 Å². The van der Waals surface area contributed by atoms with E-state index >= 15 is 0 Å². The van der Waals surface area contributed by atoms with Crippen molar-refractivity contribution in [2.24, 2.45) is 5.73 Å². The molecular weight excluding hydrogens is 284 g/mol. The monoisotopic (exact) mass is 308 g/mol. The summed E-state index contributed by atoms with van der Waals surface area (Å²) in [6, 6.07) is 13.3. The molecule has 23 heavy (non-hydrogen) atoms. The van der Waals surface area contributed by atoms with Crippen LogP contribution >= 0.6 is 0 Å². The van der Waals surface area contributed by atoms with Crippen molar-refractivity contribution in [2.45, 2.75) is 44.2 Å². The minimum absolute atomic E-state index is 0.316. The Morgan fingerprint density at radius 2 is 2.00 bits per heavy atom. The van der Waals surface area contributed by atoms with Gasteiger partial charge in [-0.1, -0.05) is 24.6 Å². The van der Waals surface area contributed by atoms with Gasteiger partial charge in [-0.05, 0) is 48.9 Å². The molecule has 0 bridgehead atoms. The van der Waals surface area contributed by atoms with Crippen LogP contribution < -0.4 is 5.73 Å². The van der Waals surface area contributed by atoms with Gasteiger partial charge in [-0.2, -0.15) is 10.2 Å². The predicted octanol–water partition coefficient (Wildman–Crippen LogP) is 2.94. The van der Waals surface area contributed by atoms with E-state index in [1.807, 2.05) is 0 Å². The summed E-state index contributed by atoms with van der Waals surface area (Å²) >= 11 is 0. The molecular formula is C19H24N4. The van der Waals surface area contributed by atoms with Crippen molar-refractivity contribution in [3.63, 3.8) is 0 Å². The molecule has 1 aliphatic carbocycles. The van der Waals surface area contributed by atoms with E-state index in [0.717, 1.165) is 43.4 Å². The van der Waals surface area contributed by atoms with Crippen molar-refractivity contribution >= 4 is 0 Å². The van der Waals surface area contributed by atoms with Crippen LogP contribution in [0.25, 0.3) is 11.3 Å². The summed E-state index contributed by atoms with van der Waals surface area (Å²) in [7, 11) is 0. The predicted molar refractivity (Wildman–Crippen MR) is 91.9 cm³/mol. The molecule has 0 spiro atoms. The highest BCUT2D eigenvalue weighted by molar-refractivity contribution is 5.59. The van der Waals surface area contributed by atoms with Crippen LogP contribution in [0, 0.1) is 0 Å². The van der Waals surface area contributed by atoms with Crippen LogP contribution in [-0.4, -0.2) is 34.2 Å². The van der Waals surface area contributed by atoms with Gasteiger partial charge in [0.2, 0.25) is 0 Å². The van der Waals surface area contributed by atoms with Crippen molar-refractivity contribution in [3.8, 4) is 11.3 Å². The standard InChI is InChI=1S/C19H24N4/c20-17-9-10-23(12-17)13-18-7-8-19(22-21-18)16-6-2-5-15(11-16)14-3-1-4-14/h2,5-8,11,14,17H,1,3-4,9-10,12-13,20H2. The first-order chi connectivity index (χ1) is 11.3. The van der Waals surface area contributed by atoms with Gasteiger partial charge in [0.1, 0.15) is 0 Å². The molecule has 2 fully saturated rings. The van der Waals surface area contributed by atoms with Crippen molar-refractivity contribution in [2.75, 3.05) is 13.1 Å². The fourth-order valence-corrected chi connectivity index (χ4v) is 3.53. The molecule has 2 aromatic rings. The Labute approximate surface area is 137 Å². The summed E-state index contributed by atoms with van der Waals surface area (Å²) in [6.07, 6.45) is 5.10. The quantitative estimate of drug-likeness (QED) is 0.943. The third kappa shape index (κ3) is 3.28. The van der Waals surface area contributed by atoms with Crippen molar-refractivity contribution < 1.29 is 0 Å². The summed E-state index contributed by atoms with van der Waals surface area (Å²) in [6.45, 7) is 2.88. The molecule has 0 amide bonds. The second-order valence-electron chi connectivity index (χ2n) is 6.95. The molecule has 4 heteroatoms. The highest BCUT2D eigenvalue weighted by atomic mass is 15.2. The average Bonchev–Trinajstić information content (AvgIpc) is 2.92. The van der Waals surface area contributed by atoms with Gasteiger partial charge in [-0.3, -0.25) is 4.90 Å². The molecule has 1 saturated heterocycles. The SMILES string of the molecule is NC1CCN(Cc2ccc(-c3cccc(C4CCC4)c3)nn2)C1. The molecule has 1 aliphatic heterocycles. The number of nitrogens with two attached hydrogens (primary N) is 1. The topological polar surface area (TPSA) is 55.0 Å². The second-order valence-corrected chi connectivity index (χ2v) is 6.95. The van der Waals surface area contributed by atoms with Crippen LogP contribution in [-0.2, 0) is 6.54 Å². The van der Waals surface area contributed by atoms with Crippen LogP contribution in [0.5, 0.6) is 0 Å². The summed E-state index contributed by atoms with van der Waals surface area (Å²) < 4.78 is 0. The highest BCUT2D eigenvalue weighted by Gasteiger charge is 2.20. The molecule has 2 aliphatic rings. The Bertz CT molecular complexity index is 663. The molecule has 1 aromatic carbocycles. The zero-order valence-corrected chi connectivity index (χ0v) is 13.5.